The third-order valence-electron chi connectivity index (χ3n) is 5.44. The van der Waals surface area contributed by atoms with Gasteiger partial charge < -0.3 is 15.0 Å². The first-order valence-corrected chi connectivity index (χ1v) is 12.2. The SMILES string of the molecule is CCCNC(=O)C1CCN(C(=O)c2ccc(NS(=O)(=O)c3cccc(OC)c3)cc2)CC1. The van der Waals surface area contributed by atoms with Crippen molar-refractivity contribution in [2.45, 2.75) is 31.1 Å². The number of carbonyl (C=O) groups excluding carboxylic acids is 2. The Morgan fingerprint density at radius 2 is 1.78 bits per heavy atom. The Hall–Kier alpha value is -3.07. The first-order valence-electron chi connectivity index (χ1n) is 10.7. The van der Waals surface area contributed by atoms with Crippen LogP contribution < -0.4 is 14.8 Å². The van der Waals surface area contributed by atoms with Crippen LogP contribution in [0.2, 0.25) is 0 Å². The summed E-state index contributed by atoms with van der Waals surface area (Å²) in [5.41, 5.74) is 0.832. The van der Waals surface area contributed by atoms with Gasteiger partial charge in [-0.05, 0) is 55.7 Å². The number of nitrogens with one attached hydrogen (secondary N) is 2. The quantitative estimate of drug-likeness (QED) is 0.632. The van der Waals surface area contributed by atoms with E-state index >= 15 is 0 Å². The smallest absolute Gasteiger partial charge is 0.262 e. The molecule has 0 saturated carbocycles. The van der Waals surface area contributed by atoms with Gasteiger partial charge in [0.2, 0.25) is 5.91 Å². The number of likely N-dealkylation sites (tertiary alicyclic amines) is 1. The van der Waals surface area contributed by atoms with Crippen LogP contribution in [0.4, 0.5) is 5.69 Å². The van der Waals surface area contributed by atoms with Crippen molar-refractivity contribution in [1.29, 1.82) is 0 Å². The second-order valence-corrected chi connectivity index (χ2v) is 9.40. The highest BCUT2D eigenvalue weighted by Gasteiger charge is 2.27. The molecule has 0 aromatic heterocycles. The summed E-state index contributed by atoms with van der Waals surface area (Å²) in [5.74, 6) is 0.325. The van der Waals surface area contributed by atoms with Crippen LogP contribution >= 0.6 is 0 Å². The lowest BCUT2D eigenvalue weighted by Crippen LogP contribution is -2.43. The molecule has 0 aliphatic carbocycles. The molecule has 0 bridgehead atoms. The molecule has 3 rings (SSSR count). The molecule has 0 spiro atoms. The second kappa shape index (κ2) is 10.5. The van der Waals surface area contributed by atoms with Crippen LogP contribution in [0.3, 0.4) is 0 Å². The number of methoxy groups -OCH3 is 1. The van der Waals surface area contributed by atoms with Crippen LogP contribution in [-0.4, -0.2) is 51.9 Å². The summed E-state index contributed by atoms with van der Waals surface area (Å²) in [6.07, 6.45) is 2.17. The molecule has 0 unspecified atom stereocenters. The number of sulfonamides is 1. The molecule has 172 valence electrons. The number of hydrogen-bond donors (Lipinski definition) is 2. The molecule has 1 aliphatic rings. The van der Waals surface area contributed by atoms with Gasteiger partial charge in [-0.1, -0.05) is 13.0 Å². The van der Waals surface area contributed by atoms with E-state index in [-0.39, 0.29) is 22.6 Å². The lowest BCUT2D eigenvalue weighted by Gasteiger charge is -2.31. The Kier molecular flexibility index (Phi) is 7.74. The van der Waals surface area contributed by atoms with Crippen LogP contribution in [0, 0.1) is 5.92 Å². The van der Waals surface area contributed by atoms with Crippen LogP contribution in [0.25, 0.3) is 0 Å². The average Bonchev–Trinajstić information content (AvgIpc) is 2.82. The Balaban J connectivity index is 1.59. The van der Waals surface area contributed by atoms with Gasteiger partial charge in [0.1, 0.15) is 5.75 Å². The molecular formula is C23H29N3O5S. The molecule has 1 fully saturated rings. The summed E-state index contributed by atoms with van der Waals surface area (Å²) in [5, 5.41) is 2.92. The number of rotatable bonds is 8. The maximum Gasteiger partial charge on any atom is 0.262 e. The van der Waals surface area contributed by atoms with Gasteiger partial charge in [0.05, 0.1) is 12.0 Å². The van der Waals surface area contributed by atoms with E-state index in [4.69, 9.17) is 4.74 Å². The molecule has 32 heavy (non-hydrogen) atoms. The fourth-order valence-electron chi connectivity index (χ4n) is 3.58. The van der Waals surface area contributed by atoms with E-state index in [0.29, 0.717) is 49.5 Å². The van der Waals surface area contributed by atoms with Crippen LogP contribution in [0.15, 0.2) is 53.4 Å². The molecule has 1 saturated heterocycles. The summed E-state index contributed by atoms with van der Waals surface area (Å²) in [6.45, 7) is 3.73. The van der Waals surface area contributed by atoms with Gasteiger partial charge in [-0.2, -0.15) is 0 Å². The molecule has 8 nitrogen and oxygen atoms in total. The Labute approximate surface area is 189 Å². The van der Waals surface area contributed by atoms with Crippen LogP contribution in [0.5, 0.6) is 5.75 Å². The van der Waals surface area contributed by atoms with Crippen molar-refractivity contribution < 1.29 is 22.7 Å². The lowest BCUT2D eigenvalue weighted by atomic mass is 9.95. The summed E-state index contributed by atoms with van der Waals surface area (Å²) >= 11 is 0. The van der Waals surface area contributed by atoms with Crippen molar-refractivity contribution in [2.75, 3.05) is 31.5 Å². The molecular weight excluding hydrogens is 430 g/mol. The minimum Gasteiger partial charge on any atom is -0.497 e. The first kappa shape index (κ1) is 23.6. The standard InChI is InChI=1S/C23H29N3O5S/c1-3-13-24-22(27)17-11-14-26(15-12-17)23(28)18-7-9-19(10-8-18)25-32(29,30)21-6-4-5-20(16-21)31-2/h4-10,16-17,25H,3,11-15H2,1-2H3,(H,24,27). The van der Waals surface area contributed by atoms with E-state index in [2.05, 4.69) is 10.0 Å². The summed E-state index contributed by atoms with van der Waals surface area (Å²) in [4.78, 5) is 26.7. The van der Waals surface area contributed by atoms with Crippen molar-refractivity contribution in [3.05, 3.63) is 54.1 Å². The topological polar surface area (TPSA) is 105 Å². The number of carbonyl (C=O) groups is 2. The van der Waals surface area contributed by atoms with E-state index in [9.17, 15) is 18.0 Å². The van der Waals surface area contributed by atoms with E-state index in [1.165, 1.54) is 19.2 Å². The van der Waals surface area contributed by atoms with Gasteiger partial charge in [0.15, 0.2) is 0 Å². The number of anilines is 1. The van der Waals surface area contributed by atoms with Gasteiger partial charge in [-0.15, -0.1) is 0 Å². The minimum atomic E-state index is -3.78. The Morgan fingerprint density at radius 1 is 1.09 bits per heavy atom. The number of amides is 2. The first-order chi connectivity index (χ1) is 15.3. The zero-order valence-corrected chi connectivity index (χ0v) is 19.2. The third-order valence-corrected chi connectivity index (χ3v) is 6.82. The predicted molar refractivity (Wildman–Crippen MR) is 122 cm³/mol. The van der Waals surface area contributed by atoms with E-state index < -0.39 is 10.0 Å². The van der Waals surface area contributed by atoms with Crippen molar-refractivity contribution >= 4 is 27.5 Å². The van der Waals surface area contributed by atoms with Crippen LogP contribution in [0.1, 0.15) is 36.5 Å². The molecule has 2 aromatic carbocycles. The zero-order chi connectivity index (χ0) is 23.1. The Bertz CT molecular complexity index is 1050. The number of hydrogen-bond acceptors (Lipinski definition) is 5. The summed E-state index contributed by atoms with van der Waals surface area (Å²) in [7, 11) is -2.31. The third kappa shape index (κ3) is 5.79. The van der Waals surface area contributed by atoms with Gasteiger partial charge in [0, 0.05) is 42.9 Å². The second-order valence-electron chi connectivity index (χ2n) is 7.72. The number of ether oxygens (including phenoxy) is 1. The molecule has 1 aliphatic heterocycles. The number of piperidine rings is 1. The monoisotopic (exact) mass is 459 g/mol. The van der Waals surface area contributed by atoms with Gasteiger partial charge in [0.25, 0.3) is 15.9 Å². The van der Waals surface area contributed by atoms with E-state index in [1.54, 1.807) is 41.3 Å². The normalized spacial score (nSPS) is 14.6. The van der Waals surface area contributed by atoms with Crippen LogP contribution in [-0.2, 0) is 14.8 Å². The summed E-state index contributed by atoms with van der Waals surface area (Å²) in [6, 6.07) is 12.5. The van der Waals surface area contributed by atoms with Gasteiger partial charge >= 0.3 is 0 Å². The maximum atomic E-state index is 12.8. The fraction of sp³-hybridized carbons (Fsp3) is 0.391. The molecule has 2 amide bonds. The van der Waals surface area contributed by atoms with Gasteiger partial charge in [-0.25, -0.2) is 8.42 Å². The predicted octanol–water partition coefficient (Wildman–Crippen LogP) is 2.87. The minimum absolute atomic E-state index is 0.0565. The molecule has 2 N–H and O–H groups in total. The van der Waals surface area contributed by atoms with Crippen molar-refractivity contribution in [3.63, 3.8) is 0 Å². The Morgan fingerprint density at radius 3 is 2.41 bits per heavy atom. The fourth-order valence-corrected chi connectivity index (χ4v) is 4.68. The van der Waals surface area contributed by atoms with Crippen molar-refractivity contribution in [1.82, 2.24) is 10.2 Å². The van der Waals surface area contributed by atoms with Crippen molar-refractivity contribution in [3.8, 4) is 5.75 Å². The van der Waals surface area contributed by atoms with E-state index in [1.807, 2.05) is 6.92 Å². The molecule has 9 heteroatoms. The van der Waals surface area contributed by atoms with E-state index in [0.717, 1.165) is 6.42 Å². The molecule has 0 atom stereocenters. The maximum absolute atomic E-state index is 12.8. The molecule has 1 heterocycles. The number of benzene rings is 2. The highest BCUT2D eigenvalue weighted by molar-refractivity contribution is 7.92. The summed E-state index contributed by atoms with van der Waals surface area (Å²) < 4.78 is 32.8. The highest BCUT2D eigenvalue weighted by atomic mass is 32.2. The molecule has 0 radical (unpaired) electrons. The largest absolute Gasteiger partial charge is 0.497 e. The number of nitrogens with zero attached hydrogens (tertiary/aromatic N) is 1. The highest BCUT2D eigenvalue weighted by Crippen LogP contribution is 2.22. The zero-order valence-electron chi connectivity index (χ0n) is 18.3. The van der Waals surface area contributed by atoms with Gasteiger partial charge in [-0.3, -0.25) is 14.3 Å². The van der Waals surface area contributed by atoms with Crippen molar-refractivity contribution in [2.24, 2.45) is 5.92 Å². The lowest BCUT2D eigenvalue weighted by molar-refractivity contribution is -0.126. The molecule has 2 aromatic rings. The average molecular weight is 460 g/mol.